The molecule has 0 saturated carbocycles. The molecule has 6 heteroatoms. The first-order valence-electron chi connectivity index (χ1n) is 5.67. The maximum Gasteiger partial charge on any atom is 0.280 e. The number of thiazole rings is 1. The van der Waals surface area contributed by atoms with Gasteiger partial charge in [0, 0.05) is 6.54 Å². The second-order valence-electron chi connectivity index (χ2n) is 3.75. The Hall–Kier alpha value is -1.66. The number of amides is 1. The zero-order chi connectivity index (χ0) is 13.0. The lowest BCUT2D eigenvalue weighted by Gasteiger charge is -1.99. The van der Waals surface area contributed by atoms with E-state index in [9.17, 15) is 4.79 Å². The summed E-state index contributed by atoms with van der Waals surface area (Å²) in [5, 5.41) is 3.26. The van der Waals surface area contributed by atoms with E-state index in [4.69, 9.17) is 10.5 Å². The van der Waals surface area contributed by atoms with Crippen molar-refractivity contribution in [2.45, 2.75) is 6.42 Å². The first kappa shape index (κ1) is 12.8. The molecule has 1 aromatic carbocycles. The average molecular weight is 265 g/mol. The molecule has 5 nitrogen and oxygen atoms in total. The van der Waals surface area contributed by atoms with E-state index in [0.29, 0.717) is 18.1 Å². The summed E-state index contributed by atoms with van der Waals surface area (Å²) in [5.74, 6) is 0.616. The van der Waals surface area contributed by atoms with Gasteiger partial charge in [-0.1, -0.05) is 0 Å². The number of nitrogens with two attached hydrogens (primary N) is 1. The van der Waals surface area contributed by atoms with Crippen molar-refractivity contribution in [3.8, 4) is 5.75 Å². The van der Waals surface area contributed by atoms with Gasteiger partial charge in [0.05, 0.1) is 17.3 Å². The number of nitrogens with one attached hydrogen (secondary N) is 1. The lowest BCUT2D eigenvalue weighted by atomic mass is 10.3. The minimum Gasteiger partial charge on any atom is -0.497 e. The minimum atomic E-state index is -0.149. The summed E-state index contributed by atoms with van der Waals surface area (Å²) < 4.78 is 6.08. The molecule has 0 atom stereocenters. The van der Waals surface area contributed by atoms with Gasteiger partial charge in [0.25, 0.3) is 5.91 Å². The normalized spacial score (nSPS) is 10.6. The highest BCUT2D eigenvalue weighted by Crippen LogP contribution is 2.26. The highest BCUT2D eigenvalue weighted by Gasteiger charge is 2.11. The standard InChI is InChI=1S/C12H15N3O2S/c1-17-8-3-4-9-10(7-8)18-12(15-9)11(16)14-6-2-5-13/h3-4,7H,2,5-6,13H2,1H3,(H,14,16). The molecule has 0 saturated heterocycles. The van der Waals surface area contributed by atoms with Crippen LogP contribution >= 0.6 is 11.3 Å². The molecule has 0 unspecified atom stereocenters. The van der Waals surface area contributed by atoms with Crippen LogP contribution in [0.15, 0.2) is 18.2 Å². The first-order valence-corrected chi connectivity index (χ1v) is 6.49. The van der Waals surface area contributed by atoms with Gasteiger partial charge in [-0.3, -0.25) is 4.79 Å². The molecule has 0 aliphatic rings. The van der Waals surface area contributed by atoms with Crippen LogP contribution in [0.25, 0.3) is 10.2 Å². The molecular formula is C12H15N3O2S. The number of methoxy groups -OCH3 is 1. The van der Waals surface area contributed by atoms with Crippen LogP contribution < -0.4 is 15.8 Å². The molecule has 1 aromatic heterocycles. The zero-order valence-electron chi connectivity index (χ0n) is 10.1. The Balaban J connectivity index is 2.16. The van der Waals surface area contributed by atoms with Gasteiger partial charge in [0.2, 0.25) is 0 Å². The Kier molecular flexibility index (Phi) is 4.11. The van der Waals surface area contributed by atoms with Crippen molar-refractivity contribution in [3.63, 3.8) is 0 Å². The maximum atomic E-state index is 11.8. The Labute approximate surface area is 109 Å². The molecule has 0 aliphatic heterocycles. The van der Waals surface area contributed by atoms with Crippen molar-refractivity contribution >= 4 is 27.5 Å². The van der Waals surface area contributed by atoms with Crippen LogP contribution in [0.1, 0.15) is 16.2 Å². The number of aromatic nitrogens is 1. The quantitative estimate of drug-likeness (QED) is 0.801. The number of hydrogen-bond acceptors (Lipinski definition) is 5. The summed E-state index contributed by atoms with van der Waals surface area (Å²) in [7, 11) is 1.61. The molecule has 0 fully saturated rings. The molecule has 96 valence electrons. The molecule has 1 amide bonds. The van der Waals surface area contributed by atoms with E-state index in [1.165, 1.54) is 11.3 Å². The van der Waals surface area contributed by atoms with E-state index >= 15 is 0 Å². The smallest absolute Gasteiger partial charge is 0.280 e. The van der Waals surface area contributed by atoms with Gasteiger partial charge in [-0.25, -0.2) is 4.98 Å². The third-order valence-corrected chi connectivity index (χ3v) is 3.47. The van der Waals surface area contributed by atoms with Crippen LogP contribution in [0.3, 0.4) is 0 Å². The fourth-order valence-corrected chi connectivity index (χ4v) is 2.42. The Morgan fingerprint density at radius 2 is 2.39 bits per heavy atom. The van der Waals surface area contributed by atoms with Crippen LogP contribution in [0.2, 0.25) is 0 Å². The van der Waals surface area contributed by atoms with Gasteiger partial charge in [-0.05, 0) is 31.2 Å². The van der Waals surface area contributed by atoms with Gasteiger partial charge in [-0.2, -0.15) is 0 Å². The van der Waals surface area contributed by atoms with Gasteiger partial charge in [0.1, 0.15) is 5.75 Å². The molecule has 18 heavy (non-hydrogen) atoms. The molecule has 1 heterocycles. The summed E-state index contributed by atoms with van der Waals surface area (Å²) in [6.07, 6.45) is 0.768. The van der Waals surface area contributed by atoms with Crippen molar-refractivity contribution in [1.82, 2.24) is 10.3 Å². The average Bonchev–Trinajstić information content (AvgIpc) is 2.81. The molecule has 2 rings (SSSR count). The fraction of sp³-hybridized carbons (Fsp3) is 0.333. The first-order chi connectivity index (χ1) is 8.74. The summed E-state index contributed by atoms with van der Waals surface area (Å²) in [6, 6.07) is 5.56. The Morgan fingerprint density at radius 1 is 1.56 bits per heavy atom. The van der Waals surface area contributed by atoms with Crippen molar-refractivity contribution in [2.75, 3.05) is 20.2 Å². The van der Waals surface area contributed by atoms with E-state index in [2.05, 4.69) is 10.3 Å². The van der Waals surface area contributed by atoms with Crippen LogP contribution in [0.4, 0.5) is 0 Å². The highest BCUT2D eigenvalue weighted by atomic mass is 32.1. The minimum absolute atomic E-state index is 0.149. The van der Waals surface area contributed by atoms with E-state index in [1.54, 1.807) is 7.11 Å². The maximum absolute atomic E-state index is 11.8. The second-order valence-corrected chi connectivity index (χ2v) is 4.78. The predicted molar refractivity (Wildman–Crippen MR) is 72.2 cm³/mol. The van der Waals surface area contributed by atoms with Crippen LogP contribution in [-0.2, 0) is 0 Å². The van der Waals surface area contributed by atoms with E-state index in [0.717, 1.165) is 22.4 Å². The van der Waals surface area contributed by atoms with Crippen molar-refractivity contribution in [1.29, 1.82) is 0 Å². The summed E-state index contributed by atoms with van der Waals surface area (Å²) in [6.45, 7) is 1.14. The van der Waals surface area contributed by atoms with Crippen molar-refractivity contribution < 1.29 is 9.53 Å². The number of carbonyl (C=O) groups is 1. The predicted octanol–water partition coefficient (Wildman–Crippen LogP) is 1.38. The zero-order valence-corrected chi connectivity index (χ0v) is 10.9. The highest BCUT2D eigenvalue weighted by molar-refractivity contribution is 7.20. The molecule has 0 bridgehead atoms. The summed E-state index contributed by atoms with van der Waals surface area (Å²) >= 11 is 1.36. The number of nitrogens with zero attached hydrogens (tertiary/aromatic N) is 1. The number of hydrogen-bond donors (Lipinski definition) is 2. The lowest BCUT2D eigenvalue weighted by Crippen LogP contribution is -2.25. The van der Waals surface area contributed by atoms with Crippen LogP contribution in [0, 0.1) is 0 Å². The third-order valence-electron chi connectivity index (χ3n) is 2.46. The number of rotatable bonds is 5. The Bertz CT molecular complexity index is 553. The second kappa shape index (κ2) is 5.79. The van der Waals surface area contributed by atoms with E-state index < -0.39 is 0 Å². The van der Waals surface area contributed by atoms with E-state index in [1.807, 2.05) is 18.2 Å². The molecule has 0 aliphatic carbocycles. The molecule has 0 radical (unpaired) electrons. The van der Waals surface area contributed by atoms with Crippen molar-refractivity contribution in [2.24, 2.45) is 5.73 Å². The number of fused-ring (bicyclic) bond motifs is 1. The topological polar surface area (TPSA) is 77.2 Å². The molecule has 2 aromatic rings. The van der Waals surface area contributed by atoms with Gasteiger partial charge < -0.3 is 15.8 Å². The fourth-order valence-electron chi connectivity index (χ4n) is 1.51. The molecular weight excluding hydrogens is 250 g/mol. The molecule has 0 spiro atoms. The number of carbonyl (C=O) groups excluding carboxylic acids is 1. The largest absolute Gasteiger partial charge is 0.497 e. The van der Waals surface area contributed by atoms with Gasteiger partial charge in [0.15, 0.2) is 5.01 Å². The SMILES string of the molecule is COc1ccc2nc(C(=O)NCCCN)sc2c1. The lowest BCUT2D eigenvalue weighted by molar-refractivity contribution is 0.0953. The summed E-state index contributed by atoms with van der Waals surface area (Å²) in [5.41, 5.74) is 6.18. The third kappa shape index (κ3) is 2.77. The van der Waals surface area contributed by atoms with Gasteiger partial charge >= 0.3 is 0 Å². The van der Waals surface area contributed by atoms with E-state index in [-0.39, 0.29) is 5.91 Å². The summed E-state index contributed by atoms with van der Waals surface area (Å²) in [4.78, 5) is 16.1. The number of benzene rings is 1. The molecule has 3 N–H and O–H groups in total. The number of ether oxygens (including phenoxy) is 1. The van der Waals surface area contributed by atoms with Crippen LogP contribution in [0.5, 0.6) is 5.75 Å². The van der Waals surface area contributed by atoms with Crippen molar-refractivity contribution in [3.05, 3.63) is 23.2 Å². The van der Waals surface area contributed by atoms with Crippen LogP contribution in [-0.4, -0.2) is 31.1 Å². The van der Waals surface area contributed by atoms with Gasteiger partial charge in [-0.15, -0.1) is 11.3 Å². The monoisotopic (exact) mass is 265 g/mol. The Morgan fingerprint density at radius 3 is 3.11 bits per heavy atom.